The minimum Gasteiger partial charge on any atom is -0.423 e. The molecule has 19 heavy (non-hydrogen) atoms. The molecule has 0 bridgehead atoms. The van der Waals surface area contributed by atoms with Crippen molar-refractivity contribution in [1.29, 1.82) is 0 Å². The van der Waals surface area contributed by atoms with Crippen LogP contribution in [0.25, 0.3) is 0 Å². The van der Waals surface area contributed by atoms with Gasteiger partial charge in [-0.25, -0.2) is 4.79 Å². The van der Waals surface area contributed by atoms with Crippen LogP contribution < -0.4 is 4.74 Å². The number of hydrogen-bond donors (Lipinski definition) is 0. The van der Waals surface area contributed by atoms with E-state index in [2.05, 4.69) is 31.1 Å². The molecule has 0 aromatic heterocycles. The molecule has 0 atom stereocenters. The van der Waals surface area contributed by atoms with Crippen LogP contribution in [0.1, 0.15) is 13.8 Å². The first-order valence-corrected chi connectivity index (χ1v) is 10.0. The van der Waals surface area contributed by atoms with E-state index in [0.29, 0.717) is 5.75 Å². The van der Waals surface area contributed by atoms with Gasteiger partial charge in [-0.1, -0.05) is 37.8 Å². The van der Waals surface area contributed by atoms with Crippen LogP contribution in [0.3, 0.4) is 0 Å². The first-order valence-electron chi connectivity index (χ1n) is 6.57. The Hall–Kier alpha value is -1.55. The zero-order valence-electron chi connectivity index (χ0n) is 12.4. The molecule has 4 heteroatoms. The molecule has 0 aliphatic rings. The Balaban J connectivity index is 2.75. The van der Waals surface area contributed by atoms with E-state index in [-0.39, 0.29) is 5.97 Å². The summed E-state index contributed by atoms with van der Waals surface area (Å²) >= 11 is 0. The van der Waals surface area contributed by atoms with Crippen LogP contribution in [0.2, 0.25) is 19.6 Å². The monoisotopic (exact) mass is 277 g/mol. The molecular formula is C15H23NO2Si. The lowest BCUT2D eigenvalue weighted by Crippen LogP contribution is -2.44. The third-order valence-corrected chi connectivity index (χ3v) is 5.13. The molecule has 0 saturated carbocycles. The summed E-state index contributed by atoms with van der Waals surface area (Å²) in [5, 5.41) is 0. The molecule has 0 radical (unpaired) electrons. The quantitative estimate of drug-likeness (QED) is 0.356. The smallest absolute Gasteiger partial charge is 0.337 e. The number of ether oxygens (including phenoxy) is 1. The number of carbonyl (C=O) groups excluding carboxylic acids is 1. The van der Waals surface area contributed by atoms with E-state index in [1.165, 1.54) is 0 Å². The molecule has 0 amide bonds. The largest absolute Gasteiger partial charge is 0.423 e. The topological polar surface area (TPSA) is 29.5 Å². The average molecular weight is 277 g/mol. The highest BCUT2D eigenvalue weighted by molar-refractivity contribution is 6.73. The fourth-order valence-electron chi connectivity index (χ4n) is 2.14. The van der Waals surface area contributed by atoms with Crippen LogP contribution in [0.4, 0.5) is 0 Å². The standard InChI is InChI=1S/C15H23NO2Si/c1-6-16(19(3,4)5)13(2)12-15(17)18-14-10-8-7-9-11-14/h7-12H,6H2,1-5H3/b13-12-. The highest BCUT2D eigenvalue weighted by atomic mass is 28.3. The van der Waals surface area contributed by atoms with Crippen LogP contribution in [0, 0.1) is 0 Å². The highest BCUT2D eigenvalue weighted by Gasteiger charge is 2.23. The summed E-state index contributed by atoms with van der Waals surface area (Å²) < 4.78 is 7.57. The van der Waals surface area contributed by atoms with Gasteiger partial charge >= 0.3 is 5.97 Å². The molecule has 3 nitrogen and oxygen atoms in total. The Bertz CT molecular complexity index is 449. The zero-order chi connectivity index (χ0) is 14.5. The maximum Gasteiger partial charge on any atom is 0.337 e. The maximum atomic E-state index is 11.9. The minimum atomic E-state index is -1.45. The van der Waals surface area contributed by atoms with Gasteiger partial charge in [0.25, 0.3) is 0 Å². The Kier molecular flexibility index (Phi) is 5.36. The number of allylic oxidation sites excluding steroid dienone is 1. The number of esters is 1. The number of carbonyl (C=O) groups is 1. The SMILES string of the molecule is CCN(/C(C)=C\C(=O)Oc1ccccc1)[Si](C)(C)C. The van der Waals surface area contributed by atoms with Crippen molar-refractivity contribution in [3.63, 3.8) is 0 Å². The normalized spacial score (nSPS) is 12.2. The third-order valence-electron chi connectivity index (χ3n) is 2.84. The maximum absolute atomic E-state index is 11.9. The third kappa shape index (κ3) is 4.91. The summed E-state index contributed by atoms with van der Waals surface area (Å²) in [6.07, 6.45) is 1.58. The van der Waals surface area contributed by atoms with Crippen molar-refractivity contribution in [3.8, 4) is 5.75 Å². The van der Waals surface area contributed by atoms with E-state index in [1.54, 1.807) is 18.2 Å². The number of rotatable bonds is 5. The Morgan fingerprint density at radius 3 is 2.32 bits per heavy atom. The predicted molar refractivity (Wildman–Crippen MR) is 81.6 cm³/mol. The van der Waals surface area contributed by atoms with Gasteiger partial charge in [0.15, 0.2) is 0 Å². The van der Waals surface area contributed by atoms with Crippen molar-refractivity contribution in [2.24, 2.45) is 0 Å². The fourth-order valence-corrected chi connectivity index (χ4v) is 4.21. The van der Waals surface area contributed by atoms with Crippen LogP contribution in [-0.4, -0.2) is 25.3 Å². The summed E-state index contributed by atoms with van der Waals surface area (Å²) in [6.45, 7) is 11.8. The molecule has 0 spiro atoms. The lowest BCUT2D eigenvalue weighted by atomic mass is 10.3. The molecule has 1 rings (SSSR count). The predicted octanol–water partition coefficient (Wildman–Crippen LogP) is 3.65. The summed E-state index contributed by atoms with van der Waals surface area (Å²) in [5.41, 5.74) is 0.975. The Morgan fingerprint density at radius 1 is 1.26 bits per heavy atom. The van der Waals surface area contributed by atoms with Gasteiger partial charge in [0.05, 0.1) is 0 Å². The fraction of sp³-hybridized carbons (Fsp3) is 0.400. The second-order valence-electron chi connectivity index (χ2n) is 5.43. The summed E-state index contributed by atoms with van der Waals surface area (Å²) in [5.74, 6) is 0.257. The van der Waals surface area contributed by atoms with E-state index >= 15 is 0 Å². The van der Waals surface area contributed by atoms with Gasteiger partial charge in [0, 0.05) is 18.3 Å². The van der Waals surface area contributed by atoms with Crippen molar-refractivity contribution < 1.29 is 9.53 Å². The van der Waals surface area contributed by atoms with Crippen molar-refractivity contribution in [1.82, 2.24) is 4.57 Å². The molecule has 0 N–H and O–H groups in total. The number of hydrogen-bond acceptors (Lipinski definition) is 3. The molecule has 0 fully saturated rings. The minimum absolute atomic E-state index is 0.319. The van der Waals surface area contributed by atoms with Gasteiger partial charge in [-0.3, -0.25) is 0 Å². The van der Waals surface area contributed by atoms with Crippen LogP contribution >= 0.6 is 0 Å². The molecular weight excluding hydrogens is 254 g/mol. The number of para-hydroxylation sites is 1. The van der Waals surface area contributed by atoms with Crippen molar-refractivity contribution in [3.05, 3.63) is 42.1 Å². The zero-order valence-corrected chi connectivity index (χ0v) is 13.4. The Morgan fingerprint density at radius 2 is 1.84 bits per heavy atom. The van der Waals surface area contributed by atoms with E-state index < -0.39 is 8.24 Å². The lowest BCUT2D eigenvalue weighted by molar-refractivity contribution is -0.129. The van der Waals surface area contributed by atoms with E-state index in [4.69, 9.17) is 4.74 Å². The van der Waals surface area contributed by atoms with Gasteiger partial charge in [0.1, 0.15) is 14.0 Å². The highest BCUT2D eigenvalue weighted by Crippen LogP contribution is 2.16. The molecule has 0 heterocycles. The second kappa shape index (κ2) is 6.57. The Labute approximate surface area is 117 Å². The summed E-state index contributed by atoms with van der Waals surface area (Å²) in [6, 6.07) is 9.13. The molecule has 0 aliphatic carbocycles. The number of benzene rings is 1. The van der Waals surface area contributed by atoms with E-state index in [1.807, 2.05) is 25.1 Å². The first kappa shape index (κ1) is 15.5. The molecule has 1 aromatic rings. The van der Waals surface area contributed by atoms with Gasteiger partial charge in [-0.05, 0) is 26.0 Å². The molecule has 0 unspecified atom stereocenters. The lowest BCUT2D eigenvalue weighted by Gasteiger charge is -2.35. The second-order valence-corrected chi connectivity index (χ2v) is 10.3. The van der Waals surface area contributed by atoms with E-state index in [0.717, 1.165) is 12.2 Å². The summed E-state index contributed by atoms with van der Waals surface area (Å²) in [4.78, 5) is 11.9. The molecule has 1 aromatic carbocycles. The van der Waals surface area contributed by atoms with Gasteiger partial charge in [-0.15, -0.1) is 0 Å². The van der Waals surface area contributed by atoms with Gasteiger partial charge < -0.3 is 9.30 Å². The molecule has 104 valence electrons. The van der Waals surface area contributed by atoms with Crippen molar-refractivity contribution in [2.45, 2.75) is 33.5 Å². The molecule has 0 aliphatic heterocycles. The number of nitrogens with zero attached hydrogens (tertiary/aromatic N) is 1. The molecule has 0 saturated heterocycles. The van der Waals surface area contributed by atoms with E-state index in [9.17, 15) is 4.79 Å². The van der Waals surface area contributed by atoms with Crippen LogP contribution in [-0.2, 0) is 4.79 Å². The van der Waals surface area contributed by atoms with Crippen LogP contribution in [0.5, 0.6) is 5.75 Å². The van der Waals surface area contributed by atoms with Gasteiger partial charge in [0.2, 0.25) is 0 Å². The van der Waals surface area contributed by atoms with Gasteiger partial charge in [-0.2, -0.15) is 0 Å². The average Bonchev–Trinajstić information content (AvgIpc) is 2.28. The van der Waals surface area contributed by atoms with Crippen LogP contribution in [0.15, 0.2) is 42.1 Å². The van der Waals surface area contributed by atoms with Crippen molar-refractivity contribution >= 4 is 14.2 Å². The first-order chi connectivity index (χ1) is 8.84. The summed E-state index contributed by atoms with van der Waals surface area (Å²) in [7, 11) is -1.45. The van der Waals surface area contributed by atoms with Crippen molar-refractivity contribution in [2.75, 3.05) is 6.54 Å².